The molecule has 0 fully saturated rings. The van der Waals surface area contributed by atoms with Crippen molar-refractivity contribution in [1.82, 2.24) is 10.3 Å². The van der Waals surface area contributed by atoms with Gasteiger partial charge in [0.05, 0.1) is 7.11 Å². The van der Waals surface area contributed by atoms with E-state index in [0.717, 1.165) is 47.6 Å². The number of nitrogens with zero attached hydrogens (tertiary/aromatic N) is 1. The minimum absolute atomic E-state index is 0.108. The van der Waals surface area contributed by atoms with E-state index >= 15 is 0 Å². The van der Waals surface area contributed by atoms with Crippen LogP contribution in [0.4, 0.5) is 4.39 Å². The minimum atomic E-state index is -0.236. The number of benzene rings is 2. The quantitative estimate of drug-likeness (QED) is 0.691. The van der Waals surface area contributed by atoms with Crippen LogP contribution in [-0.2, 0) is 13.0 Å². The summed E-state index contributed by atoms with van der Waals surface area (Å²) >= 11 is 0. The Hall–Kier alpha value is -2.92. The van der Waals surface area contributed by atoms with Gasteiger partial charge in [-0.25, -0.2) is 4.39 Å². The molecular weight excluding hydrogens is 355 g/mol. The van der Waals surface area contributed by atoms with Crippen LogP contribution in [0.15, 0.2) is 60.9 Å². The molecule has 28 heavy (non-hydrogen) atoms. The van der Waals surface area contributed by atoms with Gasteiger partial charge in [0.15, 0.2) is 11.5 Å². The van der Waals surface area contributed by atoms with Crippen molar-refractivity contribution in [3.63, 3.8) is 0 Å². The Kier molecular flexibility index (Phi) is 5.53. The van der Waals surface area contributed by atoms with Crippen molar-refractivity contribution in [2.45, 2.75) is 25.5 Å². The van der Waals surface area contributed by atoms with Gasteiger partial charge in [-0.15, -0.1) is 0 Å². The number of para-hydroxylation sites is 1. The Balaban J connectivity index is 1.36. The molecule has 4 nitrogen and oxygen atoms in total. The van der Waals surface area contributed by atoms with E-state index in [1.165, 1.54) is 17.7 Å². The molecule has 0 saturated carbocycles. The van der Waals surface area contributed by atoms with Crippen molar-refractivity contribution >= 4 is 0 Å². The highest BCUT2D eigenvalue weighted by Gasteiger charge is 2.22. The van der Waals surface area contributed by atoms with Gasteiger partial charge in [0.2, 0.25) is 0 Å². The van der Waals surface area contributed by atoms with Crippen LogP contribution in [0.5, 0.6) is 11.5 Å². The Morgan fingerprint density at radius 3 is 2.82 bits per heavy atom. The largest absolute Gasteiger partial charge is 0.493 e. The summed E-state index contributed by atoms with van der Waals surface area (Å²) < 4.78 is 24.7. The first-order valence-electron chi connectivity index (χ1n) is 9.46. The van der Waals surface area contributed by atoms with E-state index < -0.39 is 0 Å². The number of fused-ring (bicyclic) bond motifs is 1. The summed E-state index contributed by atoms with van der Waals surface area (Å²) in [4.78, 5) is 4.32. The summed E-state index contributed by atoms with van der Waals surface area (Å²) in [5, 5.41) is 3.46. The van der Waals surface area contributed by atoms with Crippen molar-refractivity contribution in [3.8, 4) is 22.6 Å². The van der Waals surface area contributed by atoms with Gasteiger partial charge in [0.1, 0.15) is 11.9 Å². The highest BCUT2D eigenvalue weighted by Crippen LogP contribution is 2.36. The standard InChI is InChI=1S/C23H23FN2O2/c1-27-22-4-2-3-18-7-10-21(28-23(18)22)15-26-13-16-11-19(14-25-12-16)17-5-8-20(24)9-6-17/h2-6,8-9,11-12,14,21,26H,7,10,13,15H2,1H3. The predicted octanol–water partition coefficient (Wildman–Crippen LogP) is 4.38. The molecule has 0 spiro atoms. The van der Waals surface area contributed by atoms with Crippen LogP contribution in [0.3, 0.4) is 0 Å². The first-order valence-corrected chi connectivity index (χ1v) is 9.46. The van der Waals surface area contributed by atoms with Gasteiger partial charge in [-0.2, -0.15) is 0 Å². The maximum atomic E-state index is 13.1. The average molecular weight is 378 g/mol. The molecule has 1 aromatic heterocycles. The van der Waals surface area contributed by atoms with Crippen molar-refractivity contribution in [1.29, 1.82) is 0 Å². The van der Waals surface area contributed by atoms with E-state index in [1.54, 1.807) is 25.4 Å². The predicted molar refractivity (Wildman–Crippen MR) is 107 cm³/mol. The number of nitrogens with one attached hydrogen (secondary N) is 1. The van der Waals surface area contributed by atoms with E-state index in [2.05, 4.69) is 22.4 Å². The second kappa shape index (κ2) is 8.40. The number of aryl methyl sites for hydroxylation is 1. The summed E-state index contributed by atoms with van der Waals surface area (Å²) in [5.74, 6) is 1.42. The maximum absolute atomic E-state index is 13.1. The molecular formula is C23H23FN2O2. The zero-order valence-electron chi connectivity index (χ0n) is 15.8. The van der Waals surface area contributed by atoms with E-state index in [0.29, 0.717) is 6.54 Å². The molecule has 1 aliphatic heterocycles. The molecule has 0 amide bonds. The summed E-state index contributed by atoms with van der Waals surface area (Å²) in [6.45, 7) is 1.44. The third-order valence-corrected chi connectivity index (χ3v) is 4.97. The van der Waals surface area contributed by atoms with Crippen molar-refractivity contribution in [2.24, 2.45) is 0 Å². The first kappa shape index (κ1) is 18.4. The third kappa shape index (κ3) is 4.15. The normalized spacial score (nSPS) is 15.6. The average Bonchev–Trinajstić information content (AvgIpc) is 2.74. The zero-order chi connectivity index (χ0) is 19.3. The van der Waals surface area contributed by atoms with Crippen molar-refractivity contribution in [3.05, 3.63) is 77.9 Å². The van der Waals surface area contributed by atoms with Crippen molar-refractivity contribution in [2.75, 3.05) is 13.7 Å². The molecule has 0 saturated heterocycles. The van der Waals surface area contributed by atoms with E-state index in [-0.39, 0.29) is 11.9 Å². The Bertz CT molecular complexity index is 929. The van der Waals surface area contributed by atoms with Crippen LogP contribution in [0.2, 0.25) is 0 Å². The number of pyridine rings is 1. The van der Waals surface area contributed by atoms with Crippen LogP contribution >= 0.6 is 0 Å². The molecule has 2 heterocycles. The molecule has 1 aliphatic rings. The molecule has 0 aliphatic carbocycles. The Morgan fingerprint density at radius 2 is 2.00 bits per heavy atom. The van der Waals surface area contributed by atoms with Gasteiger partial charge in [-0.05, 0) is 53.8 Å². The fraction of sp³-hybridized carbons (Fsp3) is 0.261. The van der Waals surface area contributed by atoms with Crippen LogP contribution in [0.1, 0.15) is 17.5 Å². The third-order valence-electron chi connectivity index (χ3n) is 4.97. The van der Waals surface area contributed by atoms with Crippen LogP contribution in [-0.4, -0.2) is 24.7 Å². The van der Waals surface area contributed by atoms with Crippen LogP contribution in [0.25, 0.3) is 11.1 Å². The lowest BCUT2D eigenvalue weighted by Crippen LogP contribution is -2.34. The number of halogens is 1. The minimum Gasteiger partial charge on any atom is -0.493 e. The summed E-state index contributed by atoms with van der Waals surface area (Å²) in [6, 6.07) is 14.6. The SMILES string of the molecule is COc1cccc2c1OC(CNCc1cncc(-c3ccc(F)cc3)c1)CC2. The molecule has 1 N–H and O–H groups in total. The fourth-order valence-electron chi connectivity index (χ4n) is 3.50. The Morgan fingerprint density at radius 1 is 1.14 bits per heavy atom. The first-order chi connectivity index (χ1) is 13.7. The van der Waals surface area contributed by atoms with Crippen molar-refractivity contribution < 1.29 is 13.9 Å². The lowest BCUT2D eigenvalue weighted by atomic mass is 10.0. The Labute approximate surface area is 164 Å². The van der Waals surface area contributed by atoms with E-state index in [4.69, 9.17) is 9.47 Å². The number of rotatable bonds is 6. The number of ether oxygens (including phenoxy) is 2. The molecule has 3 aromatic rings. The summed E-state index contributed by atoms with van der Waals surface area (Å²) in [5.41, 5.74) is 4.21. The molecule has 144 valence electrons. The molecule has 1 unspecified atom stereocenters. The van der Waals surface area contributed by atoms with Gasteiger partial charge in [0, 0.05) is 31.0 Å². The molecule has 5 heteroatoms. The second-order valence-corrected chi connectivity index (χ2v) is 6.95. The lowest BCUT2D eigenvalue weighted by Gasteiger charge is -2.27. The van der Waals surface area contributed by atoms with Crippen LogP contribution < -0.4 is 14.8 Å². The van der Waals surface area contributed by atoms with Gasteiger partial charge in [0.25, 0.3) is 0 Å². The molecule has 2 aromatic carbocycles. The van der Waals surface area contributed by atoms with E-state index in [9.17, 15) is 4.39 Å². The summed E-state index contributed by atoms with van der Waals surface area (Å²) in [7, 11) is 1.67. The molecule has 0 radical (unpaired) electrons. The highest BCUT2D eigenvalue weighted by atomic mass is 19.1. The number of hydrogen-bond donors (Lipinski definition) is 1. The number of aromatic nitrogens is 1. The topological polar surface area (TPSA) is 43.4 Å². The number of hydrogen-bond acceptors (Lipinski definition) is 4. The molecule has 1 atom stereocenters. The van der Waals surface area contributed by atoms with Gasteiger partial charge in [-0.1, -0.05) is 24.3 Å². The van der Waals surface area contributed by atoms with E-state index in [1.807, 2.05) is 18.3 Å². The number of methoxy groups -OCH3 is 1. The molecule has 0 bridgehead atoms. The smallest absolute Gasteiger partial charge is 0.164 e. The monoisotopic (exact) mass is 378 g/mol. The van der Waals surface area contributed by atoms with Crippen LogP contribution in [0, 0.1) is 5.82 Å². The zero-order valence-corrected chi connectivity index (χ0v) is 15.8. The lowest BCUT2D eigenvalue weighted by molar-refractivity contribution is 0.163. The fourth-order valence-corrected chi connectivity index (χ4v) is 3.50. The maximum Gasteiger partial charge on any atom is 0.164 e. The van der Waals surface area contributed by atoms with Gasteiger partial charge >= 0.3 is 0 Å². The second-order valence-electron chi connectivity index (χ2n) is 6.95. The van der Waals surface area contributed by atoms with Gasteiger partial charge in [-0.3, -0.25) is 4.98 Å². The summed E-state index contributed by atoms with van der Waals surface area (Å²) in [6.07, 6.45) is 5.71. The van der Waals surface area contributed by atoms with Gasteiger partial charge < -0.3 is 14.8 Å². The highest BCUT2D eigenvalue weighted by molar-refractivity contribution is 5.62. The molecule has 4 rings (SSSR count).